The summed E-state index contributed by atoms with van der Waals surface area (Å²) in [6.45, 7) is 6.06. The highest BCUT2D eigenvalue weighted by Gasteiger charge is 2.34. The van der Waals surface area contributed by atoms with Crippen molar-refractivity contribution in [2.45, 2.75) is 26.4 Å². The number of benzene rings is 2. The van der Waals surface area contributed by atoms with Crippen molar-refractivity contribution in [1.82, 2.24) is 25.5 Å². The molecule has 0 spiro atoms. The van der Waals surface area contributed by atoms with Crippen LogP contribution in [0, 0.1) is 17.0 Å². The highest BCUT2D eigenvalue weighted by Crippen LogP contribution is 2.33. The molecule has 1 aliphatic heterocycles. The van der Waals surface area contributed by atoms with E-state index in [1.165, 1.54) is 18.2 Å². The number of rotatable bonds is 4. The normalized spacial score (nSPS) is 18.1. The van der Waals surface area contributed by atoms with E-state index in [-0.39, 0.29) is 17.1 Å². The Kier molecular flexibility index (Phi) is 5.09. The van der Waals surface area contributed by atoms with E-state index in [0.29, 0.717) is 28.2 Å². The summed E-state index contributed by atoms with van der Waals surface area (Å²) < 4.78 is 34.8. The molecule has 2 aromatic heterocycles. The second-order valence-corrected chi connectivity index (χ2v) is 8.72. The van der Waals surface area contributed by atoms with Gasteiger partial charge in [-0.1, -0.05) is 26.0 Å². The van der Waals surface area contributed by atoms with Crippen molar-refractivity contribution in [2.75, 3.05) is 13.1 Å². The van der Waals surface area contributed by atoms with Gasteiger partial charge in [-0.3, -0.25) is 10.1 Å². The fourth-order valence-electron chi connectivity index (χ4n) is 4.09. The monoisotopic (exact) mass is 435 g/mol. The Balaban J connectivity index is 1.52. The summed E-state index contributed by atoms with van der Waals surface area (Å²) in [7, 11) is 0. The molecule has 0 aliphatic carbocycles. The largest absolute Gasteiger partial charge is 0.471 e. The maximum absolute atomic E-state index is 14.3. The zero-order valence-corrected chi connectivity index (χ0v) is 17.8. The molecule has 1 saturated heterocycles. The third kappa shape index (κ3) is 3.71. The second kappa shape index (κ2) is 7.94. The van der Waals surface area contributed by atoms with E-state index in [0.717, 1.165) is 25.0 Å². The molecule has 32 heavy (non-hydrogen) atoms. The van der Waals surface area contributed by atoms with Crippen LogP contribution in [0.15, 0.2) is 48.8 Å². The smallest absolute Gasteiger partial charge is 0.233 e. The molecule has 0 radical (unpaired) electrons. The highest BCUT2D eigenvalue weighted by molar-refractivity contribution is 5.94. The number of nitrogens with one attached hydrogen (secondary N) is 2. The van der Waals surface area contributed by atoms with Crippen molar-refractivity contribution in [1.29, 1.82) is 0 Å². The Bertz CT molecular complexity index is 1270. The molecule has 0 bridgehead atoms. The van der Waals surface area contributed by atoms with E-state index in [2.05, 4.69) is 39.3 Å². The van der Waals surface area contributed by atoms with Gasteiger partial charge in [0.2, 0.25) is 5.88 Å². The summed E-state index contributed by atoms with van der Waals surface area (Å²) in [4.78, 5) is 8.91. The van der Waals surface area contributed by atoms with E-state index in [9.17, 15) is 8.78 Å². The predicted molar refractivity (Wildman–Crippen MR) is 118 cm³/mol. The van der Waals surface area contributed by atoms with Crippen LogP contribution in [0.25, 0.3) is 33.4 Å². The quantitative estimate of drug-likeness (QED) is 0.485. The van der Waals surface area contributed by atoms with Crippen LogP contribution in [-0.4, -0.2) is 39.4 Å². The van der Waals surface area contributed by atoms with E-state index in [1.807, 2.05) is 0 Å². The molecule has 5 rings (SSSR count). The number of ether oxygens (including phenoxy) is 1. The second-order valence-electron chi connectivity index (χ2n) is 8.72. The van der Waals surface area contributed by atoms with Gasteiger partial charge < -0.3 is 10.1 Å². The number of halogens is 2. The van der Waals surface area contributed by atoms with Crippen LogP contribution in [0.1, 0.15) is 20.3 Å². The van der Waals surface area contributed by atoms with Gasteiger partial charge in [-0.25, -0.2) is 13.8 Å². The first-order valence-electron chi connectivity index (χ1n) is 10.5. The third-order valence-electron chi connectivity index (χ3n) is 6.08. The van der Waals surface area contributed by atoms with Crippen molar-refractivity contribution >= 4 is 10.9 Å². The van der Waals surface area contributed by atoms with E-state index >= 15 is 0 Å². The van der Waals surface area contributed by atoms with Crippen molar-refractivity contribution in [3.05, 3.63) is 60.4 Å². The summed E-state index contributed by atoms with van der Waals surface area (Å²) in [5.74, 6) is -0.821. The number of hydrogen-bond acceptors (Lipinski definition) is 5. The zero-order valence-electron chi connectivity index (χ0n) is 17.8. The van der Waals surface area contributed by atoms with Crippen molar-refractivity contribution in [3.63, 3.8) is 0 Å². The number of aromatic nitrogens is 4. The number of piperidine rings is 1. The van der Waals surface area contributed by atoms with Crippen LogP contribution in [0.2, 0.25) is 0 Å². The molecule has 1 aliphatic rings. The van der Waals surface area contributed by atoms with Gasteiger partial charge in [-0.05, 0) is 42.8 Å². The van der Waals surface area contributed by atoms with Gasteiger partial charge in [0, 0.05) is 17.3 Å². The first kappa shape index (κ1) is 20.5. The average molecular weight is 435 g/mol. The third-order valence-corrected chi connectivity index (χ3v) is 6.08. The summed E-state index contributed by atoms with van der Waals surface area (Å²) >= 11 is 0. The van der Waals surface area contributed by atoms with Crippen LogP contribution >= 0.6 is 0 Å². The van der Waals surface area contributed by atoms with E-state index in [1.54, 1.807) is 30.6 Å². The number of hydrogen-bond donors (Lipinski definition) is 2. The van der Waals surface area contributed by atoms with Gasteiger partial charge in [0.25, 0.3) is 0 Å². The molecule has 4 aromatic rings. The summed E-state index contributed by atoms with van der Waals surface area (Å²) in [5.41, 5.74) is 2.15. The minimum atomic E-state index is -0.617. The number of H-pyrrole nitrogens is 1. The van der Waals surface area contributed by atoms with Gasteiger partial charge in [-0.15, -0.1) is 0 Å². The van der Waals surface area contributed by atoms with Crippen LogP contribution in [0.5, 0.6) is 5.88 Å². The summed E-state index contributed by atoms with van der Waals surface area (Å²) in [5, 5.41) is 11.4. The molecule has 0 saturated carbocycles. The van der Waals surface area contributed by atoms with Gasteiger partial charge >= 0.3 is 0 Å². The van der Waals surface area contributed by atoms with Crippen molar-refractivity contribution in [3.8, 4) is 28.4 Å². The molecular formula is C24H23F2N5O. The molecule has 2 N–H and O–H groups in total. The molecule has 0 amide bonds. The Morgan fingerprint density at radius 1 is 1.09 bits per heavy atom. The van der Waals surface area contributed by atoms with Crippen LogP contribution in [0.4, 0.5) is 8.78 Å². The first-order chi connectivity index (χ1) is 15.4. The Morgan fingerprint density at radius 2 is 1.91 bits per heavy atom. The lowest BCUT2D eigenvalue weighted by Gasteiger charge is -2.38. The van der Waals surface area contributed by atoms with Crippen LogP contribution in [0.3, 0.4) is 0 Å². The summed E-state index contributed by atoms with van der Waals surface area (Å²) in [6.07, 6.45) is 4.16. The number of fused-ring (bicyclic) bond motifs is 1. The Hall–Kier alpha value is -3.39. The SMILES string of the molecule is CC1(C)CCNC[C@@H]1Oc1cncc(-c2n[nH]c3ccc(-c4c(F)cccc4F)cc23)n1. The number of aromatic amines is 1. The predicted octanol–water partition coefficient (Wildman–Crippen LogP) is 4.73. The van der Waals surface area contributed by atoms with Gasteiger partial charge in [0.15, 0.2) is 0 Å². The van der Waals surface area contributed by atoms with Crippen molar-refractivity contribution in [2.24, 2.45) is 5.41 Å². The first-order valence-corrected chi connectivity index (χ1v) is 10.5. The highest BCUT2D eigenvalue weighted by atomic mass is 19.1. The fraction of sp³-hybridized carbons (Fsp3) is 0.292. The standard InChI is InChI=1S/C24H23F2N5O/c1-24(2)8-9-27-12-20(24)32-21-13-28-11-19(29-21)23-15-10-14(6-7-18(15)30-31-23)22-16(25)4-3-5-17(22)26/h3-7,10-11,13,20,27H,8-9,12H2,1-2H3,(H,30,31)/t20-/m0/s1. The average Bonchev–Trinajstić information content (AvgIpc) is 3.19. The van der Waals surface area contributed by atoms with Crippen LogP contribution < -0.4 is 10.1 Å². The zero-order chi connectivity index (χ0) is 22.3. The molecule has 2 aromatic carbocycles. The van der Waals surface area contributed by atoms with Crippen LogP contribution in [-0.2, 0) is 0 Å². The molecular weight excluding hydrogens is 412 g/mol. The molecule has 0 unspecified atom stereocenters. The van der Waals surface area contributed by atoms with E-state index < -0.39 is 11.6 Å². The lowest BCUT2D eigenvalue weighted by atomic mass is 9.80. The fourth-order valence-corrected chi connectivity index (χ4v) is 4.09. The molecule has 6 nitrogen and oxygen atoms in total. The molecule has 3 heterocycles. The molecule has 1 atom stereocenters. The maximum Gasteiger partial charge on any atom is 0.233 e. The Labute approximate surface area is 184 Å². The van der Waals surface area contributed by atoms with Gasteiger partial charge in [0.1, 0.15) is 29.1 Å². The summed E-state index contributed by atoms with van der Waals surface area (Å²) in [6, 6.07) is 8.95. The van der Waals surface area contributed by atoms with E-state index in [4.69, 9.17) is 4.74 Å². The minimum Gasteiger partial charge on any atom is -0.471 e. The van der Waals surface area contributed by atoms with Gasteiger partial charge in [0.05, 0.1) is 23.5 Å². The maximum atomic E-state index is 14.3. The van der Waals surface area contributed by atoms with Crippen molar-refractivity contribution < 1.29 is 13.5 Å². The lowest BCUT2D eigenvalue weighted by molar-refractivity contribution is 0.0417. The lowest BCUT2D eigenvalue weighted by Crippen LogP contribution is -2.49. The topological polar surface area (TPSA) is 75.7 Å². The van der Waals surface area contributed by atoms with Gasteiger partial charge in [-0.2, -0.15) is 5.10 Å². The Morgan fingerprint density at radius 3 is 2.69 bits per heavy atom. The number of nitrogens with zero attached hydrogens (tertiary/aromatic N) is 3. The molecule has 164 valence electrons. The molecule has 1 fully saturated rings. The molecule has 8 heteroatoms. The minimum absolute atomic E-state index is 0.0146.